The summed E-state index contributed by atoms with van der Waals surface area (Å²) in [4.78, 5) is 39.9. The number of fused-ring (bicyclic) bond motifs is 2. The Morgan fingerprint density at radius 1 is 1.25 bits per heavy atom. The maximum atomic E-state index is 13.6. The Bertz CT molecular complexity index is 1670. The molecule has 0 bridgehead atoms. The summed E-state index contributed by atoms with van der Waals surface area (Å²) in [5.74, 6) is -0.584. The van der Waals surface area contributed by atoms with Crippen molar-refractivity contribution in [2.75, 3.05) is 40.3 Å². The van der Waals surface area contributed by atoms with Gasteiger partial charge in [0.05, 0.1) is 23.8 Å². The molecule has 44 heavy (non-hydrogen) atoms. The zero-order chi connectivity index (χ0) is 31.8. The molecule has 1 saturated heterocycles. The summed E-state index contributed by atoms with van der Waals surface area (Å²) >= 11 is 6.36. The van der Waals surface area contributed by atoms with Crippen LogP contribution in [-0.4, -0.2) is 106 Å². The van der Waals surface area contributed by atoms with Crippen molar-refractivity contribution in [1.29, 1.82) is 0 Å². The van der Waals surface area contributed by atoms with Gasteiger partial charge in [0.15, 0.2) is 5.65 Å². The Hall–Kier alpha value is -3.36. The van der Waals surface area contributed by atoms with Crippen LogP contribution < -0.4 is 11.1 Å². The summed E-state index contributed by atoms with van der Waals surface area (Å²) in [6, 6.07) is 5.92. The summed E-state index contributed by atoms with van der Waals surface area (Å²) in [5.41, 5.74) is 9.14. The van der Waals surface area contributed by atoms with E-state index < -0.39 is 20.0 Å². The van der Waals surface area contributed by atoms with Crippen LogP contribution >= 0.6 is 11.6 Å². The number of carbonyl (C=O) groups excluding carboxylic acids is 2. The molecule has 1 atom stereocenters. The molecule has 0 radical (unpaired) electrons. The third-order valence-electron chi connectivity index (χ3n) is 7.69. The molecule has 1 aliphatic heterocycles. The summed E-state index contributed by atoms with van der Waals surface area (Å²) < 4.78 is 9.72. The van der Waals surface area contributed by atoms with E-state index in [1.807, 2.05) is 37.0 Å². The average molecular weight is 640 g/mol. The Morgan fingerprint density at radius 2 is 2.00 bits per heavy atom. The van der Waals surface area contributed by atoms with Gasteiger partial charge in [-0.1, -0.05) is 31.2 Å². The third-order valence-corrected chi connectivity index (χ3v) is 9.63. The number of likely N-dealkylation sites (N-methyl/N-ethyl adjacent to an activating group) is 1. The molecule has 14 heteroatoms. The Balaban J connectivity index is 1.50. The molecule has 1 fully saturated rings. The standard InChI is InChI=1S/C30H42ClN9O3Si/c1-19(30(42)38-15-21(32)16-38)34-29(41)23-17-39(18-43-11-12-44(4,5)6)28-27(23)35-24(14-33-28)26-22-8-7-20(31)13-25(22)40(36-26)10-9-37(2)3/h7-8,13-14,17,19,21H,9-12,15-16,18,32H2,1-6H3,(H,34,41)/t19-/m1/s1. The van der Waals surface area contributed by atoms with Gasteiger partial charge in [0.2, 0.25) is 5.91 Å². The number of rotatable bonds is 12. The number of hydrogen-bond donors (Lipinski definition) is 2. The van der Waals surface area contributed by atoms with Crippen LogP contribution in [0.3, 0.4) is 0 Å². The van der Waals surface area contributed by atoms with Gasteiger partial charge < -0.3 is 30.2 Å². The maximum absolute atomic E-state index is 13.6. The summed E-state index contributed by atoms with van der Waals surface area (Å²) in [7, 11) is 2.75. The monoisotopic (exact) mass is 639 g/mol. The minimum atomic E-state index is -1.27. The number of nitrogens with two attached hydrogens (primary N) is 1. The number of nitrogens with zero attached hydrogens (tertiary/aromatic N) is 7. The molecule has 3 aromatic heterocycles. The highest BCUT2D eigenvalue weighted by molar-refractivity contribution is 6.76. The van der Waals surface area contributed by atoms with Crippen molar-refractivity contribution in [1.82, 2.24) is 39.4 Å². The highest BCUT2D eigenvalue weighted by Crippen LogP contribution is 2.30. The van der Waals surface area contributed by atoms with Crippen LogP contribution in [0, 0.1) is 0 Å². The lowest BCUT2D eigenvalue weighted by Gasteiger charge is -2.38. The van der Waals surface area contributed by atoms with E-state index in [-0.39, 0.29) is 18.7 Å². The van der Waals surface area contributed by atoms with Crippen molar-refractivity contribution in [3.63, 3.8) is 0 Å². The van der Waals surface area contributed by atoms with Crippen LogP contribution in [0.15, 0.2) is 30.6 Å². The van der Waals surface area contributed by atoms with Gasteiger partial charge in [0.25, 0.3) is 5.91 Å². The third kappa shape index (κ3) is 7.13. The van der Waals surface area contributed by atoms with E-state index in [4.69, 9.17) is 37.1 Å². The van der Waals surface area contributed by atoms with Crippen LogP contribution in [0.1, 0.15) is 17.3 Å². The minimum Gasteiger partial charge on any atom is -0.361 e. The molecule has 3 N–H and O–H groups in total. The first-order chi connectivity index (χ1) is 20.8. The summed E-state index contributed by atoms with van der Waals surface area (Å²) in [6.45, 7) is 11.8. The number of carbonyl (C=O) groups is 2. The highest BCUT2D eigenvalue weighted by atomic mass is 35.5. The van der Waals surface area contributed by atoms with Gasteiger partial charge in [-0.2, -0.15) is 5.10 Å². The largest absolute Gasteiger partial charge is 0.361 e. The molecule has 12 nitrogen and oxygen atoms in total. The Labute approximate surface area is 263 Å². The van der Waals surface area contributed by atoms with Crippen molar-refractivity contribution in [2.45, 2.75) is 58.0 Å². The van der Waals surface area contributed by atoms with E-state index >= 15 is 0 Å². The van der Waals surface area contributed by atoms with Gasteiger partial charge in [0, 0.05) is 57.0 Å². The maximum Gasteiger partial charge on any atom is 0.255 e. The number of amides is 2. The lowest BCUT2D eigenvalue weighted by molar-refractivity contribution is -0.137. The number of aromatic nitrogens is 5. The highest BCUT2D eigenvalue weighted by Gasteiger charge is 2.32. The molecule has 0 saturated carbocycles. The predicted octanol–water partition coefficient (Wildman–Crippen LogP) is 3.26. The molecule has 236 valence electrons. The topological polar surface area (TPSA) is 136 Å². The molecule has 5 rings (SSSR count). The molecule has 0 aliphatic carbocycles. The average Bonchev–Trinajstić information content (AvgIpc) is 3.49. The molecular formula is C30H42ClN9O3Si. The van der Waals surface area contributed by atoms with Gasteiger partial charge >= 0.3 is 0 Å². The van der Waals surface area contributed by atoms with E-state index in [9.17, 15) is 9.59 Å². The predicted molar refractivity (Wildman–Crippen MR) is 175 cm³/mol. The molecule has 1 aromatic carbocycles. The molecular weight excluding hydrogens is 598 g/mol. The second-order valence-corrected chi connectivity index (χ2v) is 19.1. The van der Waals surface area contributed by atoms with Crippen LogP contribution in [-0.2, 0) is 22.8 Å². The van der Waals surface area contributed by atoms with Crippen molar-refractivity contribution < 1.29 is 14.3 Å². The molecule has 0 unspecified atom stereocenters. The van der Waals surface area contributed by atoms with Gasteiger partial charge in [-0.15, -0.1) is 0 Å². The molecule has 1 aliphatic rings. The van der Waals surface area contributed by atoms with E-state index in [0.717, 1.165) is 23.5 Å². The number of likely N-dealkylation sites (tertiary alicyclic amines) is 1. The SMILES string of the molecule is C[C@@H](NC(=O)c1cn(COCC[Si](C)(C)C)c2ncc(-c3nn(CCN(C)C)c4cc(Cl)ccc34)nc12)C(=O)N1CC(N)C1. The zero-order valence-electron chi connectivity index (χ0n) is 26.3. The fourth-order valence-corrected chi connectivity index (χ4v) is 6.00. The number of ether oxygens (including phenoxy) is 1. The summed E-state index contributed by atoms with van der Waals surface area (Å²) in [6.07, 6.45) is 3.37. The van der Waals surface area contributed by atoms with Crippen molar-refractivity contribution in [2.24, 2.45) is 5.73 Å². The lowest BCUT2D eigenvalue weighted by atomic mass is 10.1. The Kier molecular flexibility index (Phi) is 9.42. The van der Waals surface area contributed by atoms with E-state index in [1.165, 1.54) is 0 Å². The van der Waals surface area contributed by atoms with Crippen LogP contribution in [0.25, 0.3) is 33.5 Å². The Morgan fingerprint density at radius 3 is 2.68 bits per heavy atom. The van der Waals surface area contributed by atoms with E-state index in [0.29, 0.717) is 59.4 Å². The second kappa shape index (κ2) is 12.9. The minimum absolute atomic E-state index is 0.0204. The fourth-order valence-electron chi connectivity index (χ4n) is 5.08. The molecule has 4 heterocycles. The van der Waals surface area contributed by atoms with Crippen LogP contribution in [0.2, 0.25) is 30.7 Å². The van der Waals surface area contributed by atoms with Crippen molar-refractivity contribution >= 4 is 53.6 Å². The normalized spacial score (nSPS) is 14.9. The first-order valence-electron chi connectivity index (χ1n) is 14.9. The van der Waals surface area contributed by atoms with Gasteiger partial charge in [-0.25, -0.2) is 9.97 Å². The van der Waals surface area contributed by atoms with Gasteiger partial charge in [-0.3, -0.25) is 14.3 Å². The van der Waals surface area contributed by atoms with Gasteiger partial charge in [-0.05, 0) is 45.3 Å². The quantitative estimate of drug-likeness (QED) is 0.178. The number of halogens is 1. The number of nitrogens with one attached hydrogen (secondary N) is 1. The van der Waals surface area contributed by atoms with E-state index in [2.05, 4.69) is 29.9 Å². The number of hydrogen-bond acceptors (Lipinski definition) is 8. The summed E-state index contributed by atoms with van der Waals surface area (Å²) in [5, 5.41) is 9.25. The van der Waals surface area contributed by atoms with Crippen LogP contribution in [0.4, 0.5) is 0 Å². The first kappa shape index (κ1) is 32.0. The zero-order valence-corrected chi connectivity index (χ0v) is 28.1. The second-order valence-electron chi connectivity index (χ2n) is 13.0. The molecule has 2 amide bonds. The van der Waals surface area contributed by atoms with Crippen LogP contribution in [0.5, 0.6) is 0 Å². The lowest BCUT2D eigenvalue weighted by Crippen LogP contribution is -2.61. The smallest absolute Gasteiger partial charge is 0.255 e. The number of benzene rings is 1. The van der Waals surface area contributed by atoms with E-state index in [1.54, 1.807) is 28.8 Å². The fraction of sp³-hybridized carbons (Fsp3) is 0.500. The molecule has 4 aromatic rings. The van der Waals surface area contributed by atoms with Crippen molar-refractivity contribution in [3.8, 4) is 11.4 Å². The van der Waals surface area contributed by atoms with Gasteiger partial charge in [0.1, 0.15) is 29.7 Å². The first-order valence-corrected chi connectivity index (χ1v) is 19.0. The molecule has 0 spiro atoms. The van der Waals surface area contributed by atoms with Crippen molar-refractivity contribution in [3.05, 3.63) is 41.2 Å².